The fraction of sp³-hybridized carbons (Fsp3) is 0.562. The minimum atomic E-state index is 0.563. The number of thiazole rings is 1. The van der Waals surface area contributed by atoms with Crippen LogP contribution in [0.5, 0.6) is 0 Å². The van der Waals surface area contributed by atoms with Crippen molar-refractivity contribution in [1.82, 2.24) is 4.98 Å². The number of nitrogens with one attached hydrogen (secondary N) is 1. The number of nitrogen functional groups attached to an aromatic ring is 1. The Kier molecular flexibility index (Phi) is 4.10. The van der Waals surface area contributed by atoms with Crippen LogP contribution in [0.4, 0.5) is 10.8 Å². The molecule has 1 saturated carbocycles. The molecule has 4 heteroatoms. The van der Waals surface area contributed by atoms with Crippen LogP contribution in [0.2, 0.25) is 0 Å². The summed E-state index contributed by atoms with van der Waals surface area (Å²) in [7, 11) is 0. The van der Waals surface area contributed by atoms with E-state index in [0.717, 1.165) is 22.3 Å². The van der Waals surface area contributed by atoms with E-state index in [1.54, 1.807) is 11.3 Å². The molecule has 3 rings (SSSR count). The lowest BCUT2D eigenvalue weighted by atomic mass is 9.83. The minimum Gasteiger partial charge on any atom is -0.399 e. The highest BCUT2D eigenvalue weighted by Crippen LogP contribution is 2.32. The summed E-state index contributed by atoms with van der Waals surface area (Å²) < 4.78 is 1.17. The molecule has 1 aliphatic carbocycles. The highest BCUT2D eigenvalue weighted by atomic mass is 32.1. The third kappa shape index (κ3) is 2.90. The van der Waals surface area contributed by atoms with E-state index in [-0.39, 0.29) is 0 Å². The van der Waals surface area contributed by atoms with Gasteiger partial charge in [0.05, 0.1) is 10.2 Å². The lowest BCUT2D eigenvalue weighted by Gasteiger charge is -2.30. The highest BCUT2D eigenvalue weighted by Gasteiger charge is 2.23. The molecular weight excluding hydrogens is 266 g/mol. The smallest absolute Gasteiger partial charge is 0.184 e. The lowest BCUT2D eigenvalue weighted by Crippen LogP contribution is -2.29. The van der Waals surface area contributed by atoms with Gasteiger partial charge in [0, 0.05) is 11.7 Å². The number of hydrogen-bond donors (Lipinski definition) is 2. The predicted octanol–water partition coefficient (Wildman–Crippen LogP) is 4.65. The number of benzene rings is 1. The van der Waals surface area contributed by atoms with Crippen molar-refractivity contribution in [1.29, 1.82) is 0 Å². The van der Waals surface area contributed by atoms with E-state index in [0.29, 0.717) is 6.04 Å². The van der Waals surface area contributed by atoms with Gasteiger partial charge in [0.15, 0.2) is 5.13 Å². The molecule has 1 aromatic carbocycles. The summed E-state index contributed by atoms with van der Waals surface area (Å²) in [6.07, 6.45) is 8.08. The van der Waals surface area contributed by atoms with Crippen LogP contribution in [-0.4, -0.2) is 11.0 Å². The van der Waals surface area contributed by atoms with E-state index in [9.17, 15) is 0 Å². The van der Waals surface area contributed by atoms with Crippen LogP contribution in [0.15, 0.2) is 18.2 Å². The lowest BCUT2D eigenvalue weighted by molar-refractivity contribution is 0.313. The number of hydrogen-bond acceptors (Lipinski definition) is 4. The van der Waals surface area contributed by atoms with Crippen LogP contribution in [-0.2, 0) is 0 Å². The first-order valence-corrected chi connectivity index (χ1v) is 8.50. The first kappa shape index (κ1) is 13.7. The Morgan fingerprint density at radius 1 is 1.35 bits per heavy atom. The minimum absolute atomic E-state index is 0.563. The molecule has 1 aliphatic rings. The monoisotopic (exact) mass is 289 g/mol. The molecular formula is C16H23N3S. The van der Waals surface area contributed by atoms with Crippen molar-refractivity contribution < 1.29 is 0 Å². The standard InChI is InChI=1S/C16H23N3S/c1-2-13(11-6-4-3-5-7-11)18-16-19-14-9-8-12(17)10-15(14)20-16/h8-11,13H,2-7,17H2,1H3,(H,18,19). The van der Waals surface area contributed by atoms with Crippen LogP contribution < -0.4 is 11.1 Å². The van der Waals surface area contributed by atoms with Crippen molar-refractivity contribution in [3.63, 3.8) is 0 Å². The summed E-state index contributed by atoms with van der Waals surface area (Å²) in [6.45, 7) is 2.28. The average molecular weight is 289 g/mol. The van der Waals surface area contributed by atoms with Gasteiger partial charge in [0.2, 0.25) is 0 Å². The van der Waals surface area contributed by atoms with Crippen molar-refractivity contribution >= 4 is 32.4 Å². The second-order valence-corrected chi connectivity index (χ2v) is 6.83. The average Bonchev–Trinajstić information content (AvgIpc) is 2.87. The third-order valence-corrected chi connectivity index (χ3v) is 5.33. The zero-order valence-electron chi connectivity index (χ0n) is 12.1. The van der Waals surface area contributed by atoms with Gasteiger partial charge in [-0.2, -0.15) is 0 Å². The SMILES string of the molecule is CCC(Nc1nc2ccc(N)cc2s1)C1CCCCC1. The summed E-state index contributed by atoms with van der Waals surface area (Å²) >= 11 is 1.72. The molecule has 0 radical (unpaired) electrons. The molecule has 1 unspecified atom stereocenters. The summed E-state index contributed by atoms with van der Waals surface area (Å²) in [6, 6.07) is 6.51. The maximum atomic E-state index is 5.84. The van der Waals surface area contributed by atoms with E-state index in [4.69, 9.17) is 5.73 Å². The highest BCUT2D eigenvalue weighted by molar-refractivity contribution is 7.22. The molecule has 108 valence electrons. The molecule has 1 aromatic heterocycles. The topological polar surface area (TPSA) is 50.9 Å². The van der Waals surface area contributed by atoms with Crippen molar-refractivity contribution in [3.8, 4) is 0 Å². The second kappa shape index (κ2) is 6.00. The van der Waals surface area contributed by atoms with Gasteiger partial charge in [0.25, 0.3) is 0 Å². The normalized spacial score (nSPS) is 18.2. The van der Waals surface area contributed by atoms with Gasteiger partial charge in [-0.1, -0.05) is 37.5 Å². The van der Waals surface area contributed by atoms with Crippen LogP contribution in [0.1, 0.15) is 45.4 Å². The molecule has 3 N–H and O–H groups in total. The summed E-state index contributed by atoms with van der Waals surface area (Å²) in [5.41, 5.74) is 7.69. The van der Waals surface area contributed by atoms with E-state index in [2.05, 4.69) is 17.2 Å². The summed E-state index contributed by atoms with van der Waals surface area (Å²) in [5, 5.41) is 4.72. The Morgan fingerprint density at radius 3 is 2.90 bits per heavy atom. The number of aromatic nitrogens is 1. The Morgan fingerprint density at radius 2 is 2.15 bits per heavy atom. The van der Waals surface area contributed by atoms with Gasteiger partial charge in [-0.15, -0.1) is 0 Å². The predicted molar refractivity (Wildman–Crippen MR) is 88.3 cm³/mol. The van der Waals surface area contributed by atoms with Gasteiger partial charge in [-0.05, 0) is 43.4 Å². The van der Waals surface area contributed by atoms with Gasteiger partial charge >= 0.3 is 0 Å². The van der Waals surface area contributed by atoms with E-state index in [1.807, 2.05) is 18.2 Å². The number of rotatable bonds is 4. The molecule has 1 heterocycles. The zero-order valence-corrected chi connectivity index (χ0v) is 12.9. The van der Waals surface area contributed by atoms with Gasteiger partial charge in [0.1, 0.15) is 0 Å². The molecule has 0 bridgehead atoms. The first-order valence-electron chi connectivity index (χ1n) is 7.69. The number of nitrogens with two attached hydrogens (primary N) is 1. The van der Waals surface area contributed by atoms with Gasteiger partial charge < -0.3 is 11.1 Å². The largest absolute Gasteiger partial charge is 0.399 e. The number of fused-ring (bicyclic) bond motifs is 1. The van der Waals surface area contributed by atoms with Crippen LogP contribution in [0.3, 0.4) is 0 Å². The zero-order chi connectivity index (χ0) is 13.9. The number of anilines is 2. The van der Waals surface area contributed by atoms with Crippen LogP contribution >= 0.6 is 11.3 Å². The Balaban J connectivity index is 1.76. The fourth-order valence-electron chi connectivity index (χ4n) is 3.25. The van der Waals surface area contributed by atoms with E-state index < -0.39 is 0 Å². The van der Waals surface area contributed by atoms with Gasteiger partial charge in [-0.25, -0.2) is 4.98 Å². The molecule has 0 aliphatic heterocycles. The Hall–Kier alpha value is -1.29. The van der Waals surface area contributed by atoms with Crippen molar-refractivity contribution in [2.45, 2.75) is 51.5 Å². The van der Waals surface area contributed by atoms with Crippen molar-refractivity contribution in [2.75, 3.05) is 11.1 Å². The molecule has 2 aromatic rings. The maximum absolute atomic E-state index is 5.84. The molecule has 1 fully saturated rings. The fourth-order valence-corrected chi connectivity index (χ4v) is 4.23. The molecule has 3 nitrogen and oxygen atoms in total. The van der Waals surface area contributed by atoms with Crippen LogP contribution in [0.25, 0.3) is 10.2 Å². The Bertz CT molecular complexity index is 572. The van der Waals surface area contributed by atoms with E-state index >= 15 is 0 Å². The van der Waals surface area contributed by atoms with Gasteiger partial charge in [-0.3, -0.25) is 0 Å². The molecule has 20 heavy (non-hydrogen) atoms. The Labute approximate surface area is 124 Å². The molecule has 0 spiro atoms. The third-order valence-electron chi connectivity index (χ3n) is 4.38. The van der Waals surface area contributed by atoms with Crippen molar-refractivity contribution in [3.05, 3.63) is 18.2 Å². The summed E-state index contributed by atoms with van der Waals surface area (Å²) in [5.74, 6) is 0.811. The molecule has 0 saturated heterocycles. The second-order valence-electron chi connectivity index (χ2n) is 5.80. The molecule has 0 amide bonds. The molecule has 1 atom stereocenters. The quantitative estimate of drug-likeness (QED) is 0.806. The summed E-state index contributed by atoms with van der Waals surface area (Å²) in [4.78, 5) is 4.69. The van der Waals surface area contributed by atoms with E-state index in [1.165, 1.54) is 43.2 Å². The van der Waals surface area contributed by atoms with Crippen LogP contribution in [0, 0.1) is 5.92 Å². The number of nitrogens with zero attached hydrogens (tertiary/aromatic N) is 1. The first-order chi connectivity index (χ1) is 9.76. The van der Waals surface area contributed by atoms with Crippen molar-refractivity contribution in [2.24, 2.45) is 5.92 Å². The maximum Gasteiger partial charge on any atom is 0.184 e.